The molecule has 0 N–H and O–H groups in total. The van der Waals surface area contributed by atoms with E-state index in [1.54, 1.807) is 19.0 Å². The van der Waals surface area contributed by atoms with Crippen LogP contribution in [0.4, 0.5) is 0 Å². The van der Waals surface area contributed by atoms with E-state index in [0.717, 1.165) is 11.1 Å². The lowest BCUT2D eigenvalue weighted by molar-refractivity contribution is 0.0827. The lowest BCUT2D eigenvalue weighted by atomic mass is 10.1. The van der Waals surface area contributed by atoms with Crippen LogP contribution in [0.5, 0.6) is 0 Å². The molecule has 0 fully saturated rings. The topological polar surface area (TPSA) is 20.3 Å². The van der Waals surface area contributed by atoms with Gasteiger partial charge in [0, 0.05) is 19.7 Å². The number of carbonyl (C=O) groups excluding carboxylic acids is 1. The van der Waals surface area contributed by atoms with Crippen molar-refractivity contribution in [1.29, 1.82) is 0 Å². The van der Waals surface area contributed by atoms with E-state index in [1.165, 1.54) is 0 Å². The number of allylic oxidation sites excluding steroid dienone is 1. The van der Waals surface area contributed by atoms with Gasteiger partial charge in [0.2, 0.25) is 0 Å². The van der Waals surface area contributed by atoms with Gasteiger partial charge in [-0.05, 0) is 35.2 Å². The predicted molar refractivity (Wildman–Crippen MR) is 67.0 cm³/mol. The Hall–Kier alpha value is -1.09. The number of rotatable bonds is 2. The minimum atomic E-state index is 0.0297. The average molecular weight is 268 g/mol. The van der Waals surface area contributed by atoms with Crippen LogP contribution in [0.1, 0.15) is 22.8 Å². The normalized spacial score (nSPS) is 11.3. The van der Waals surface area contributed by atoms with Crippen LogP contribution in [0.15, 0.2) is 29.3 Å². The van der Waals surface area contributed by atoms with E-state index in [-0.39, 0.29) is 5.91 Å². The van der Waals surface area contributed by atoms with E-state index in [9.17, 15) is 4.79 Å². The smallest absolute Gasteiger partial charge is 0.253 e. The molecule has 0 aliphatic heterocycles. The van der Waals surface area contributed by atoms with Crippen LogP contribution in [-0.4, -0.2) is 24.9 Å². The highest BCUT2D eigenvalue weighted by Crippen LogP contribution is 2.16. The molecule has 0 unspecified atom stereocenters. The minimum Gasteiger partial charge on any atom is -0.345 e. The van der Waals surface area contributed by atoms with Crippen LogP contribution < -0.4 is 0 Å². The SMILES string of the molecule is CC(=CBr)c1ccc(C(=O)N(C)C)cc1. The van der Waals surface area contributed by atoms with Gasteiger partial charge in [-0.2, -0.15) is 0 Å². The Morgan fingerprint density at radius 1 is 1.20 bits per heavy atom. The zero-order chi connectivity index (χ0) is 11.4. The number of amides is 1. The van der Waals surface area contributed by atoms with Gasteiger partial charge in [0.15, 0.2) is 0 Å². The second kappa shape index (κ2) is 5.12. The largest absolute Gasteiger partial charge is 0.345 e. The van der Waals surface area contributed by atoms with Crippen molar-refractivity contribution in [3.63, 3.8) is 0 Å². The molecule has 15 heavy (non-hydrogen) atoms. The van der Waals surface area contributed by atoms with Crippen molar-refractivity contribution in [2.75, 3.05) is 14.1 Å². The third-order valence-electron chi connectivity index (χ3n) is 2.16. The summed E-state index contributed by atoms with van der Waals surface area (Å²) in [7, 11) is 3.50. The van der Waals surface area contributed by atoms with Crippen molar-refractivity contribution in [1.82, 2.24) is 4.90 Å². The van der Waals surface area contributed by atoms with E-state index in [1.807, 2.05) is 36.2 Å². The van der Waals surface area contributed by atoms with E-state index in [4.69, 9.17) is 0 Å². The summed E-state index contributed by atoms with van der Waals surface area (Å²) in [4.78, 5) is 15.0. The molecule has 0 saturated heterocycles. The summed E-state index contributed by atoms with van der Waals surface area (Å²) < 4.78 is 0. The maximum atomic E-state index is 11.6. The Morgan fingerprint density at radius 2 is 1.67 bits per heavy atom. The second-order valence-electron chi connectivity index (χ2n) is 3.57. The Morgan fingerprint density at radius 3 is 2.07 bits per heavy atom. The first-order valence-corrected chi connectivity index (χ1v) is 5.57. The lowest BCUT2D eigenvalue weighted by Gasteiger charge is -2.10. The predicted octanol–water partition coefficient (Wildman–Crippen LogP) is 3.14. The van der Waals surface area contributed by atoms with Crippen LogP contribution in [0, 0.1) is 0 Å². The summed E-state index contributed by atoms with van der Waals surface area (Å²) in [6.07, 6.45) is 0. The number of nitrogens with zero attached hydrogens (tertiary/aromatic N) is 1. The summed E-state index contributed by atoms with van der Waals surface area (Å²) in [5.74, 6) is 0.0297. The standard InChI is InChI=1S/C12H14BrNO/c1-9(8-13)10-4-6-11(7-5-10)12(15)14(2)3/h4-8H,1-3H3. The van der Waals surface area contributed by atoms with Crippen molar-refractivity contribution < 1.29 is 4.79 Å². The molecule has 1 aromatic rings. The number of hydrogen-bond acceptors (Lipinski definition) is 1. The minimum absolute atomic E-state index is 0.0297. The number of halogens is 1. The van der Waals surface area contributed by atoms with E-state index < -0.39 is 0 Å². The lowest BCUT2D eigenvalue weighted by Crippen LogP contribution is -2.21. The van der Waals surface area contributed by atoms with Gasteiger partial charge < -0.3 is 4.90 Å². The highest BCUT2D eigenvalue weighted by atomic mass is 79.9. The molecule has 0 aromatic heterocycles. The fraction of sp³-hybridized carbons (Fsp3) is 0.250. The summed E-state index contributed by atoms with van der Waals surface area (Å²) in [5, 5.41) is 0. The van der Waals surface area contributed by atoms with Crippen LogP contribution in [-0.2, 0) is 0 Å². The fourth-order valence-corrected chi connectivity index (χ4v) is 1.46. The third kappa shape index (κ3) is 2.93. The highest BCUT2D eigenvalue weighted by Gasteiger charge is 2.07. The molecule has 1 rings (SSSR count). The average Bonchev–Trinajstić information content (AvgIpc) is 2.27. The Balaban J connectivity index is 2.95. The Labute approximate surface area is 98.7 Å². The first-order chi connectivity index (χ1) is 7.06. The molecule has 1 aromatic carbocycles. The molecular weight excluding hydrogens is 254 g/mol. The molecule has 0 saturated carbocycles. The van der Waals surface area contributed by atoms with Gasteiger partial charge in [-0.3, -0.25) is 4.79 Å². The second-order valence-corrected chi connectivity index (χ2v) is 4.03. The molecule has 3 heteroatoms. The highest BCUT2D eigenvalue weighted by molar-refractivity contribution is 9.11. The van der Waals surface area contributed by atoms with Gasteiger partial charge in [0.25, 0.3) is 5.91 Å². The van der Waals surface area contributed by atoms with Gasteiger partial charge >= 0.3 is 0 Å². The molecule has 0 atom stereocenters. The maximum Gasteiger partial charge on any atom is 0.253 e. The Kier molecular flexibility index (Phi) is 4.09. The van der Waals surface area contributed by atoms with E-state index in [2.05, 4.69) is 15.9 Å². The third-order valence-corrected chi connectivity index (χ3v) is 2.84. The number of hydrogen-bond donors (Lipinski definition) is 0. The van der Waals surface area contributed by atoms with Crippen molar-refractivity contribution in [3.05, 3.63) is 40.4 Å². The zero-order valence-corrected chi connectivity index (χ0v) is 10.7. The zero-order valence-electron chi connectivity index (χ0n) is 9.12. The van der Waals surface area contributed by atoms with Crippen LogP contribution >= 0.6 is 15.9 Å². The molecule has 0 aliphatic rings. The Bertz CT molecular complexity index is 379. The van der Waals surface area contributed by atoms with Crippen molar-refractivity contribution in [2.45, 2.75) is 6.92 Å². The number of carbonyl (C=O) groups is 1. The summed E-state index contributed by atoms with van der Waals surface area (Å²) in [6, 6.07) is 7.59. The van der Waals surface area contributed by atoms with Gasteiger partial charge in [0.1, 0.15) is 0 Å². The summed E-state index contributed by atoms with van der Waals surface area (Å²) >= 11 is 3.28. The first-order valence-electron chi connectivity index (χ1n) is 4.65. The van der Waals surface area contributed by atoms with Crippen molar-refractivity contribution in [2.24, 2.45) is 0 Å². The van der Waals surface area contributed by atoms with Gasteiger partial charge in [-0.15, -0.1) is 0 Å². The first kappa shape index (κ1) is 12.0. The molecular formula is C12H14BrNO. The fourth-order valence-electron chi connectivity index (χ4n) is 1.20. The quantitative estimate of drug-likeness (QED) is 0.806. The van der Waals surface area contributed by atoms with Gasteiger partial charge in [-0.1, -0.05) is 28.1 Å². The van der Waals surface area contributed by atoms with Crippen molar-refractivity contribution >= 4 is 27.4 Å². The van der Waals surface area contributed by atoms with E-state index in [0.29, 0.717) is 5.56 Å². The monoisotopic (exact) mass is 267 g/mol. The molecule has 0 bridgehead atoms. The van der Waals surface area contributed by atoms with Gasteiger partial charge in [0.05, 0.1) is 0 Å². The summed E-state index contributed by atoms with van der Waals surface area (Å²) in [5.41, 5.74) is 2.96. The number of benzene rings is 1. The molecule has 2 nitrogen and oxygen atoms in total. The molecule has 0 spiro atoms. The van der Waals surface area contributed by atoms with E-state index >= 15 is 0 Å². The van der Waals surface area contributed by atoms with Crippen LogP contribution in [0.25, 0.3) is 5.57 Å². The molecule has 0 aliphatic carbocycles. The van der Waals surface area contributed by atoms with Crippen LogP contribution in [0.2, 0.25) is 0 Å². The molecule has 0 radical (unpaired) electrons. The van der Waals surface area contributed by atoms with Crippen LogP contribution in [0.3, 0.4) is 0 Å². The maximum absolute atomic E-state index is 11.6. The summed E-state index contributed by atoms with van der Waals surface area (Å²) in [6.45, 7) is 2.01. The molecule has 1 amide bonds. The van der Waals surface area contributed by atoms with Gasteiger partial charge in [-0.25, -0.2) is 0 Å². The molecule has 80 valence electrons. The molecule has 0 heterocycles. The van der Waals surface area contributed by atoms with Crippen molar-refractivity contribution in [3.8, 4) is 0 Å².